The van der Waals surface area contributed by atoms with Crippen molar-refractivity contribution in [3.8, 4) is 22.6 Å². The number of fused-ring (bicyclic) bond motifs is 1. The number of rotatable bonds is 10. The maximum Gasteiger partial charge on any atom is 0.336 e. The number of hydrogen-bond acceptors (Lipinski definition) is 6. The van der Waals surface area contributed by atoms with Crippen LogP contribution in [0.4, 0.5) is 0 Å². The fraction of sp³-hybridized carbons (Fsp3) is 0.176. The minimum atomic E-state index is -0.475. The Morgan fingerprint density at radius 1 is 0.902 bits per heavy atom. The number of hydrogen-bond donors (Lipinski definition) is 3. The lowest BCUT2D eigenvalue weighted by Gasteiger charge is -2.21. The molecular weight excluding hydrogens is 518 g/mol. The van der Waals surface area contributed by atoms with E-state index in [1.165, 1.54) is 12.1 Å². The largest absolute Gasteiger partial charge is 0.507 e. The zero-order chi connectivity index (χ0) is 28.8. The molecule has 1 heterocycles. The average Bonchev–Trinajstić information content (AvgIpc) is 2.97. The molecule has 4 aromatic carbocycles. The van der Waals surface area contributed by atoms with Crippen molar-refractivity contribution in [2.24, 2.45) is 0 Å². The number of ether oxygens (including phenoxy) is 1. The third-order valence-electron chi connectivity index (χ3n) is 6.98. The Bertz CT molecular complexity index is 1720. The van der Waals surface area contributed by atoms with Crippen LogP contribution in [0, 0.1) is 6.92 Å². The number of aryl methyl sites for hydroxylation is 1. The van der Waals surface area contributed by atoms with Gasteiger partial charge in [0.05, 0.1) is 12.1 Å². The lowest BCUT2D eigenvalue weighted by molar-refractivity contribution is 0.0924. The monoisotopic (exact) mass is 549 g/mol. The van der Waals surface area contributed by atoms with Gasteiger partial charge in [-0.15, -0.1) is 0 Å². The van der Waals surface area contributed by atoms with Gasteiger partial charge in [-0.1, -0.05) is 60.7 Å². The number of carbonyl (C=O) groups is 1. The molecule has 208 valence electrons. The van der Waals surface area contributed by atoms with E-state index in [9.17, 15) is 19.8 Å². The van der Waals surface area contributed by atoms with Crippen LogP contribution in [-0.4, -0.2) is 35.4 Å². The number of benzene rings is 4. The standard InChI is InChI=1S/C34H31NO6/c1-22-6-2-3-7-27(22)30-20-33(38)41-32-19-25(14-15-28(30)32)40-26(18-24-12-10-23(11-13-24)16-17-36)21-35-34(39)29-8-4-5-9-31(29)37/h2-15,19-20,26,36-37H,16-18,21H2,1H3,(H,35,39). The molecule has 0 radical (unpaired) electrons. The molecule has 1 atom stereocenters. The van der Waals surface area contributed by atoms with Gasteiger partial charge < -0.3 is 24.7 Å². The second-order valence-corrected chi connectivity index (χ2v) is 9.91. The first-order valence-electron chi connectivity index (χ1n) is 13.5. The van der Waals surface area contributed by atoms with Crippen LogP contribution < -0.4 is 15.7 Å². The molecule has 0 aliphatic carbocycles. The van der Waals surface area contributed by atoms with Gasteiger partial charge in [0.2, 0.25) is 0 Å². The number of aliphatic hydroxyl groups is 1. The zero-order valence-electron chi connectivity index (χ0n) is 22.7. The summed E-state index contributed by atoms with van der Waals surface area (Å²) >= 11 is 0. The molecule has 0 fully saturated rings. The van der Waals surface area contributed by atoms with Gasteiger partial charge in [0, 0.05) is 36.1 Å². The summed E-state index contributed by atoms with van der Waals surface area (Å²) in [6, 6.07) is 29.0. The van der Waals surface area contributed by atoms with E-state index in [0.717, 1.165) is 33.2 Å². The second kappa shape index (κ2) is 12.5. The summed E-state index contributed by atoms with van der Waals surface area (Å²) in [7, 11) is 0. The number of phenols is 1. The molecule has 0 spiro atoms. The quantitative estimate of drug-likeness (QED) is 0.201. The van der Waals surface area contributed by atoms with E-state index < -0.39 is 17.6 Å². The second-order valence-electron chi connectivity index (χ2n) is 9.91. The molecule has 7 nitrogen and oxygen atoms in total. The molecule has 5 rings (SSSR count). The van der Waals surface area contributed by atoms with E-state index in [-0.39, 0.29) is 24.5 Å². The summed E-state index contributed by atoms with van der Waals surface area (Å²) in [5.41, 5.74) is 4.92. The highest BCUT2D eigenvalue weighted by Gasteiger charge is 2.18. The van der Waals surface area contributed by atoms with Gasteiger partial charge >= 0.3 is 5.63 Å². The molecule has 0 aliphatic heterocycles. The van der Waals surface area contributed by atoms with Crippen LogP contribution in [0.2, 0.25) is 0 Å². The smallest absolute Gasteiger partial charge is 0.336 e. The van der Waals surface area contributed by atoms with Crippen LogP contribution in [0.3, 0.4) is 0 Å². The first-order chi connectivity index (χ1) is 19.9. The van der Waals surface area contributed by atoms with E-state index >= 15 is 0 Å². The minimum absolute atomic E-state index is 0.0765. The summed E-state index contributed by atoms with van der Waals surface area (Å²) in [4.78, 5) is 25.3. The third kappa shape index (κ3) is 6.65. The summed E-state index contributed by atoms with van der Waals surface area (Å²) in [5, 5.41) is 23.0. The van der Waals surface area contributed by atoms with E-state index in [4.69, 9.17) is 9.15 Å². The fourth-order valence-corrected chi connectivity index (χ4v) is 4.86. The first kappa shape index (κ1) is 27.7. The van der Waals surface area contributed by atoms with Crippen LogP contribution in [0.15, 0.2) is 106 Å². The summed E-state index contributed by atoms with van der Waals surface area (Å²) in [6.45, 7) is 2.24. The van der Waals surface area contributed by atoms with Gasteiger partial charge in [0.1, 0.15) is 23.2 Å². The molecule has 0 saturated heterocycles. The molecule has 7 heteroatoms. The number of carbonyl (C=O) groups excluding carboxylic acids is 1. The van der Waals surface area contributed by atoms with Crippen LogP contribution in [0.5, 0.6) is 11.5 Å². The predicted molar refractivity (Wildman–Crippen MR) is 158 cm³/mol. The van der Waals surface area contributed by atoms with Crippen LogP contribution in [0.1, 0.15) is 27.0 Å². The van der Waals surface area contributed by atoms with Crippen LogP contribution in [-0.2, 0) is 12.8 Å². The van der Waals surface area contributed by atoms with Crippen molar-refractivity contribution in [2.75, 3.05) is 13.2 Å². The van der Waals surface area contributed by atoms with Crippen molar-refractivity contribution in [2.45, 2.75) is 25.9 Å². The van der Waals surface area contributed by atoms with Gasteiger partial charge in [-0.2, -0.15) is 0 Å². The normalized spacial score (nSPS) is 11.8. The summed E-state index contributed by atoms with van der Waals surface area (Å²) in [6.07, 6.45) is 0.576. The number of phenolic OH excluding ortho intramolecular Hbond substituents is 1. The molecule has 5 aromatic rings. The number of para-hydroxylation sites is 1. The number of aliphatic hydroxyl groups excluding tert-OH is 1. The van der Waals surface area contributed by atoms with Gasteiger partial charge in [0.25, 0.3) is 5.91 Å². The highest BCUT2D eigenvalue weighted by Crippen LogP contribution is 2.32. The molecule has 1 amide bonds. The molecule has 3 N–H and O–H groups in total. The fourth-order valence-electron chi connectivity index (χ4n) is 4.86. The number of aromatic hydroxyl groups is 1. The van der Waals surface area contributed by atoms with E-state index in [1.54, 1.807) is 24.3 Å². The van der Waals surface area contributed by atoms with Crippen molar-refractivity contribution in [1.29, 1.82) is 0 Å². The highest BCUT2D eigenvalue weighted by atomic mass is 16.5. The third-order valence-corrected chi connectivity index (χ3v) is 6.98. The van der Waals surface area contributed by atoms with Crippen molar-refractivity contribution in [3.05, 3.63) is 130 Å². The Kier molecular flexibility index (Phi) is 8.46. The lowest BCUT2D eigenvalue weighted by atomic mass is 9.98. The van der Waals surface area contributed by atoms with Crippen molar-refractivity contribution in [1.82, 2.24) is 5.32 Å². The SMILES string of the molecule is Cc1ccccc1-c1cc(=O)oc2cc(OC(CNC(=O)c3ccccc3O)Cc3ccc(CCO)cc3)ccc12. The van der Waals surface area contributed by atoms with Crippen LogP contribution in [0.25, 0.3) is 22.1 Å². The van der Waals surface area contributed by atoms with Gasteiger partial charge in [-0.3, -0.25) is 4.79 Å². The molecule has 0 bridgehead atoms. The Morgan fingerprint density at radius 3 is 2.39 bits per heavy atom. The predicted octanol–water partition coefficient (Wildman–Crippen LogP) is 5.43. The maximum absolute atomic E-state index is 12.8. The van der Waals surface area contributed by atoms with Crippen molar-refractivity contribution >= 4 is 16.9 Å². The van der Waals surface area contributed by atoms with Gasteiger partial charge in [0.15, 0.2) is 0 Å². The van der Waals surface area contributed by atoms with E-state index in [1.807, 2.05) is 67.6 Å². The van der Waals surface area contributed by atoms with E-state index in [2.05, 4.69) is 5.32 Å². The molecule has 0 aliphatic rings. The van der Waals surface area contributed by atoms with Gasteiger partial charge in [-0.05, 0) is 59.9 Å². The Balaban J connectivity index is 1.42. The number of amides is 1. The topological polar surface area (TPSA) is 109 Å². The Morgan fingerprint density at radius 2 is 1.63 bits per heavy atom. The molecule has 0 saturated carbocycles. The van der Waals surface area contributed by atoms with Crippen molar-refractivity contribution < 1.29 is 24.2 Å². The molecular formula is C34H31NO6. The Labute approximate surface area is 237 Å². The highest BCUT2D eigenvalue weighted by molar-refractivity contribution is 5.97. The summed E-state index contributed by atoms with van der Waals surface area (Å²) < 4.78 is 11.9. The first-order valence-corrected chi connectivity index (χ1v) is 13.5. The maximum atomic E-state index is 12.8. The number of nitrogens with one attached hydrogen (secondary N) is 1. The molecule has 1 unspecified atom stereocenters. The molecule has 1 aromatic heterocycles. The van der Waals surface area contributed by atoms with E-state index in [0.29, 0.717) is 24.2 Å². The zero-order valence-corrected chi connectivity index (χ0v) is 22.7. The lowest BCUT2D eigenvalue weighted by Crippen LogP contribution is -2.36. The average molecular weight is 550 g/mol. The minimum Gasteiger partial charge on any atom is -0.507 e. The van der Waals surface area contributed by atoms with Gasteiger partial charge in [-0.25, -0.2) is 4.79 Å². The van der Waals surface area contributed by atoms with Crippen LogP contribution >= 0.6 is 0 Å². The van der Waals surface area contributed by atoms with Crippen molar-refractivity contribution in [3.63, 3.8) is 0 Å². The Hall–Kier alpha value is -4.88. The molecule has 41 heavy (non-hydrogen) atoms. The summed E-state index contributed by atoms with van der Waals surface area (Å²) in [5.74, 6) is -0.0281.